The second kappa shape index (κ2) is 7.75. The van der Waals surface area contributed by atoms with Crippen LogP contribution in [0.5, 0.6) is 0 Å². The van der Waals surface area contributed by atoms with Crippen molar-refractivity contribution in [2.45, 2.75) is 52.5 Å². The summed E-state index contributed by atoms with van der Waals surface area (Å²) in [5, 5.41) is 1.26. The Morgan fingerprint density at radius 3 is 2.35 bits per heavy atom. The highest BCUT2D eigenvalue weighted by atomic mass is 32.1. The first-order valence-corrected chi connectivity index (χ1v) is 8.67. The first-order valence-electron chi connectivity index (χ1n) is 7.85. The number of benzene rings is 1. The minimum atomic E-state index is 0.436. The molecule has 2 aromatic rings. The lowest BCUT2D eigenvalue weighted by Gasteiger charge is -2.27. The maximum absolute atomic E-state index is 4.83. The van der Waals surface area contributed by atoms with E-state index in [4.69, 9.17) is 4.98 Å². The number of aromatic nitrogens is 1. The third-order valence-corrected chi connectivity index (χ3v) is 5.02. The van der Waals surface area contributed by atoms with Gasteiger partial charge in [-0.1, -0.05) is 38.8 Å². The molecule has 0 aliphatic rings. The molecule has 110 valence electrons. The number of rotatable bonds is 8. The van der Waals surface area contributed by atoms with Gasteiger partial charge in [0, 0.05) is 0 Å². The molecule has 1 atom stereocenters. The summed E-state index contributed by atoms with van der Waals surface area (Å²) < 4.78 is 1.31. The molecule has 1 aromatic heterocycles. The Labute approximate surface area is 126 Å². The van der Waals surface area contributed by atoms with Gasteiger partial charge in [0.05, 0.1) is 16.3 Å². The molecule has 0 N–H and O–H groups in total. The summed E-state index contributed by atoms with van der Waals surface area (Å²) in [4.78, 5) is 7.43. The topological polar surface area (TPSA) is 16.1 Å². The number of hydrogen-bond donors (Lipinski definition) is 0. The van der Waals surface area contributed by atoms with Gasteiger partial charge in [-0.3, -0.25) is 4.90 Å². The Bertz CT molecular complexity index is 479. The van der Waals surface area contributed by atoms with E-state index in [0.717, 1.165) is 5.52 Å². The highest BCUT2D eigenvalue weighted by Gasteiger charge is 2.18. The monoisotopic (exact) mass is 290 g/mol. The van der Waals surface area contributed by atoms with Gasteiger partial charge in [0.2, 0.25) is 0 Å². The van der Waals surface area contributed by atoms with E-state index in [2.05, 4.69) is 49.9 Å². The zero-order chi connectivity index (χ0) is 14.4. The zero-order valence-corrected chi connectivity index (χ0v) is 13.7. The molecule has 2 rings (SSSR count). The third-order valence-electron chi connectivity index (χ3n) is 3.81. The summed E-state index contributed by atoms with van der Waals surface area (Å²) in [7, 11) is 0. The highest BCUT2D eigenvalue weighted by molar-refractivity contribution is 7.18. The Morgan fingerprint density at radius 1 is 1.10 bits per heavy atom. The van der Waals surface area contributed by atoms with Crippen LogP contribution in [0.1, 0.15) is 57.5 Å². The van der Waals surface area contributed by atoms with Crippen LogP contribution < -0.4 is 0 Å². The second-order valence-corrected chi connectivity index (χ2v) is 6.50. The summed E-state index contributed by atoms with van der Waals surface area (Å²) >= 11 is 1.85. The molecule has 0 bridgehead atoms. The van der Waals surface area contributed by atoms with Crippen LogP contribution in [0, 0.1) is 0 Å². The van der Waals surface area contributed by atoms with E-state index in [-0.39, 0.29) is 0 Å². The maximum atomic E-state index is 4.83. The quantitative estimate of drug-likeness (QED) is 0.659. The van der Waals surface area contributed by atoms with Gasteiger partial charge in [0.15, 0.2) is 0 Å². The van der Waals surface area contributed by atoms with Crippen molar-refractivity contribution in [2.24, 2.45) is 0 Å². The van der Waals surface area contributed by atoms with Gasteiger partial charge < -0.3 is 0 Å². The summed E-state index contributed by atoms with van der Waals surface area (Å²) in [6.45, 7) is 9.21. The first kappa shape index (κ1) is 15.5. The van der Waals surface area contributed by atoms with Gasteiger partial charge in [-0.2, -0.15) is 0 Å². The smallest absolute Gasteiger partial charge is 0.111 e. The zero-order valence-electron chi connectivity index (χ0n) is 12.9. The molecular formula is C17H26N2S. The van der Waals surface area contributed by atoms with Gasteiger partial charge >= 0.3 is 0 Å². The van der Waals surface area contributed by atoms with E-state index >= 15 is 0 Å². The normalized spacial score (nSPS) is 13.2. The average molecular weight is 290 g/mol. The summed E-state index contributed by atoms with van der Waals surface area (Å²) in [6.07, 6.45) is 5.07. The summed E-state index contributed by atoms with van der Waals surface area (Å²) in [6, 6.07) is 8.89. The van der Waals surface area contributed by atoms with Crippen molar-refractivity contribution in [1.29, 1.82) is 0 Å². The number of para-hydroxylation sites is 1. The lowest BCUT2D eigenvalue weighted by atomic mass is 10.2. The van der Waals surface area contributed by atoms with Crippen molar-refractivity contribution in [3.63, 3.8) is 0 Å². The van der Waals surface area contributed by atoms with Crippen LogP contribution in [-0.4, -0.2) is 23.0 Å². The fourth-order valence-electron chi connectivity index (χ4n) is 2.45. The molecule has 1 unspecified atom stereocenters. The molecule has 20 heavy (non-hydrogen) atoms. The molecule has 1 heterocycles. The predicted octanol–water partition coefficient (Wildman–Crippen LogP) is 5.26. The van der Waals surface area contributed by atoms with Crippen LogP contribution in [0.25, 0.3) is 10.2 Å². The number of thiazole rings is 1. The van der Waals surface area contributed by atoms with E-state index in [1.165, 1.54) is 48.5 Å². The highest BCUT2D eigenvalue weighted by Crippen LogP contribution is 2.29. The van der Waals surface area contributed by atoms with Gasteiger partial charge in [0.25, 0.3) is 0 Å². The minimum Gasteiger partial charge on any atom is -0.294 e. The van der Waals surface area contributed by atoms with Crippen molar-refractivity contribution >= 4 is 21.6 Å². The van der Waals surface area contributed by atoms with Crippen molar-refractivity contribution in [3.05, 3.63) is 29.3 Å². The fraction of sp³-hybridized carbons (Fsp3) is 0.588. The number of unbranched alkanes of at least 4 members (excludes halogenated alkanes) is 2. The van der Waals surface area contributed by atoms with Crippen molar-refractivity contribution < 1.29 is 0 Å². The minimum absolute atomic E-state index is 0.436. The number of nitrogens with zero attached hydrogens (tertiary/aromatic N) is 2. The Hall–Kier alpha value is -0.930. The molecule has 0 spiro atoms. The van der Waals surface area contributed by atoms with E-state index in [0.29, 0.717) is 6.04 Å². The van der Waals surface area contributed by atoms with Crippen LogP contribution in [0.4, 0.5) is 0 Å². The van der Waals surface area contributed by atoms with Crippen LogP contribution in [0.3, 0.4) is 0 Å². The standard InChI is InChI=1S/C17H26N2S/c1-4-6-12-19(13-7-5-2)14(3)17-18-15-10-8-9-11-16(15)20-17/h8-11,14H,4-7,12-13H2,1-3H3. The molecule has 0 amide bonds. The molecule has 3 heteroatoms. The summed E-state index contributed by atoms with van der Waals surface area (Å²) in [5.74, 6) is 0. The van der Waals surface area contributed by atoms with Crippen LogP contribution >= 0.6 is 11.3 Å². The van der Waals surface area contributed by atoms with Gasteiger partial charge in [0.1, 0.15) is 5.01 Å². The molecule has 0 saturated carbocycles. The molecule has 1 aromatic carbocycles. The molecular weight excluding hydrogens is 264 g/mol. The third kappa shape index (κ3) is 3.80. The Morgan fingerprint density at radius 2 is 1.75 bits per heavy atom. The molecule has 0 saturated heterocycles. The van der Waals surface area contributed by atoms with E-state index in [1.54, 1.807) is 0 Å². The lowest BCUT2D eigenvalue weighted by molar-refractivity contribution is 0.204. The molecule has 0 radical (unpaired) electrons. The van der Waals surface area contributed by atoms with Crippen molar-refractivity contribution in [1.82, 2.24) is 9.88 Å². The molecule has 0 aliphatic heterocycles. The Kier molecular flexibility index (Phi) is 5.99. The second-order valence-electron chi connectivity index (χ2n) is 5.44. The lowest BCUT2D eigenvalue weighted by Crippen LogP contribution is -2.29. The molecule has 0 aliphatic carbocycles. The number of hydrogen-bond acceptors (Lipinski definition) is 3. The number of fused-ring (bicyclic) bond motifs is 1. The van der Waals surface area contributed by atoms with Crippen LogP contribution in [0.15, 0.2) is 24.3 Å². The van der Waals surface area contributed by atoms with Crippen molar-refractivity contribution in [3.8, 4) is 0 Å². The largest absolute Gasteiger partial charge is 0.294 e. The molecule has 0 fully saturated rings. The van der Waals surface area contributed by atoms with Gasteiger partial charge in [-0.25, -0.2) is 4.98 Å². The Balaban J connectivity index is 2.13. The summed E-state index contributed by atoms with van der Waals surface area (Å²) in [5.41, 5.74) is 1.14. The van der Waals surface area contributed by atoms with E-state index in [9.17, 15) is 0 Å². The fourth-order valence-corrected chi connectivity index (χ4v) is 3.50. The van der Waals surface area contributed by atoms with Gasteiger partial charge in [-0.05, 0) is 45.0 Å². The van der Waals surface area contributed by atoms with E-state index in [1.807, 2.05) is 11.3 Å². The van der Waals surface area contributed by atoms with Crippen LogP contribution in [0.2, 0.25) is 0 Å². The van der Waals surface area contributed by atoms with E-state index < -0.39 is 0 Å². The van der Waals surface area contributed by atoms with Crippen molar-refractivity contribution in [2.75, 3.05) is 13.1 Å². The van der Waals surface area contributed by atoms with Crippen LogP contribution in [-0.2, 0) is 0 Å². The van der Waals surface area contributed by atoms with Gasteiger partial charge in [-0.15, -0.1) is 11.3 Å². The maximum Gasteiger partial charge on any atom is 0.111 e. The predicted molar refractivity (Wildman–Crippen MR) is 89.4 cm³/mol. The first-order chi connectivity index (χ1) is 9.76. The SMILES string of the molecule is CCCCN(CCCC)C(C)c1nc2ccccc2s1. The average Bonchev–Trinajstić information content (AvgIpc) is 2.90. The molecule has 2 nitrogen and oxygen atoms in total.